The van der Waals surface area contributed by atoms with Crippen molar-refractivity contribution in [1.82, 2.24) is 5.32 Å². The lowest BCUT2D eigenvalue weighted by molar-refractivity contribution is 0.501. The van der Waals surface area contributed by atoms with Gasteiger partial charge in [-0.15, -0.1) is 22.7 Å². The first kappa shape index (κ1) is 13.3. The fraction of sp³-hybridized carbons (Fsp3) is 0.385. The van der Waals surface area contributed by atoms with Crippen molar-refractivity contribution in [3.8, 4) is 0 Å². The maximum atomic E-state index is 3.65. The molecule has 1 unspecified atom stereocenters. The summed E-state index contributed by atoms with van der Waals surface area (Å²) < 4.78 is 1.21. The molecule has 17 heavy (non-hydrogen) atoms. The quantitative estimate of drug-likeness (QED) is 0.767. The molecule has 4 heteroatoms. The highest BCUT2D eigenvalue weighted by Gasteiger charge is 2.11. The fourth-order valence-corrected chi connectivity index (χ4v) is 3.85. The van der Waals surface area contributed by atoms with Crippen LogP contribution in [-0.4, -0.2) is 0 Å². The maximum Gasteiger partial charge on any atom is 0.0701 e. The smallest absolute Gasteiger partial charge is 0.0701 e. The van der Waals surface area contributed by atoms with E-state index in [9.17, 15) is 0 Å². The molecular weight excluding hydrogens is 314 g/mol. The van der Waals surface area contributed by atoms with Crippen LogP contribution in [0.4, 0.5) is 0 Å². The van der Waals surface area contributed by atoms with Crippen molar-refractivity contribution in [3.63, 3.8) is 0 Å². The van der Waals surface area contributed by atoms with Gasteiger partial charge >= 0.3 is 0 Å². The van der Waals surface area contributed by atoms with Crippen molar-refractivity contribution in [2.75, 3.05) is 0 Å². The number of hydrogen-bond acceptors (Lipinski definition) is 3. The highest BCUT2D eigenvalue weighted by molar-refractivity contribution is 9.11. The molecular formula is C13H16BrNS2. The van der Waals surface area contributed by atoms with Crippen molar-refractivity contribution < 1.29 is 0 Å². The van der Waals surface area contributed by atoms with E-state index in [4.69, 9.17) is 0 Å². The minimum absolute atomic E-state index is 0.499. The predicted octanol–water partition coefficient (Wildman–Crippen LogP) is 5.20. The first-order chi connectivity index (χ1) is 8.29. The number of hydrogen-bond donors (Lipinski definition) is 1. The molecule has 0 aromatic carbocycles. The molecule has 0 saturated carbocycles. The summed E-state index contributed by atoms with van der Waals surface area (Å²) in [5.41, 5.74) is 1.36. The van der Waals surface area contributed by atoms with E-state index in [1.54, 1.807) is 11.3 Å². The molecule has 0 saturated heterocycles. The van der Waals surface area contributed by atoms with Gasteiger partial charge in [0.25, 0.3) is 0 Å². The zero-order valence-electron chi connectivity index (χ0n) is 9.78. The van der Waals surface area contributed by atoms with E-state index in [1.165, 1.54) is 27.1 Å². The molecule has 0 aliphatic heterocycles. The Bertz CT molecular complexity index is 436. The zero-order chi connectivity index (χ0) is 12.1. The van der Waals surface area contributed by atoms with Gasteiger partial charge in [-0.2, -0.15) is 0 Å². The van der Waals surface area contributed by atoms with Crippen molar-refractivity contribution in [1.29, 1.82) is 0 Å². The molecule has 92 valence electrons. The summed E-state index contributed by atoms with van der Waals surface area (Å²) in [6.07, 6.45) is 2.41. The van der Waals surface area contributed by atoms with Gasteiger partial charge in [-0.25, -0.2) is 0 Å². The van der Waals surface area contributed by atoms with Gasteiger partial charge in [0.1, 0.15) is 0 Å². The normalized spacial score (nSPS) is 12.8. The van der Waals surface area contributed by atoms with E-state index in [0.717, 1.165) is 6.54 Å². The molecule has 0 aliphatic rings. The number of halogens is 1. The average Bonchev–Trinajstić information content (AvgIpc) is 2.95. The summed E-state index contributed by atoms with van der Waals surface area (Å²) in [4.78, 5) is 1.45. The third-order valence-corrected chi connectivity index (χ3v) is 5.18. The Labute approximate surface area is 119 Å². The third kappa shape index (κ3) is 3.91. The summed E-state index contributed by atoms with van der Waals surface area (Å²) in [7, 11) is 0. The highest BCUT2D eigenvalue weighted by Crippen LogP contribution is 2.25. The lowest BCUT2D eigenvalue weighted by Crippen LogP contribution is -2.19. The van der Waals surface area contributed by atoms with E-state index >= 15 is 0 Å². The van der Waals surface area contributed by atoms with Crippen LogP contribution in [0.3, 0.4) is 0 Å². The molecule has 0 radical (unpaired) electrons. The molecule has 0 spiro atoms. The van der Waals surface area contributed by atoms with Crippen molar-refractivity contribution in [2.24, 2.45) is 0 Å². The van der Waals surface area contributed by atoms with Crippen LogP contribution in [0.15, 0.2) is 32.7 Å². The monoisotopic (exact) mass is 329 g/mol. The lowest BCUT2D eigenvalue weighted by Gasteiger charge is -2.16. The molecule has 1 atom stereocenters. The molecule has 1 nitrogen and oxygen atoms in total. The van der Waals surface area contributed by atoms with Gasteiger partial charge < -0.3 is 5.32 Å². The second-order valence-corrected chi connectivity index (χ2v) is 7.27. The van der Waals surface area contributed by atoms with Crippen LogP contribution in [-0.2, 0) is 6.54 Å². The van der Waals surface area contributed by atoms with Gasteiger partial charge in [0.15, 0.2) is 0 Å². The summed E-state index contributed by atoms with van der Waals surface area (Å²) in [6, 6.07) is 7.04. The Morgan fingerprint density at radius 2 is 2.29 bits per heavy atom. The SMILES string of the molecule is CCCC(NCc1csc(Br)c1)c1cccs1. The summed E-state index contributed by atoms with van der Waals surface area (Å²) in [6.45, 7) is 3.19. The second-order valence-electron chi connectivity index (χ2n) is 4.00. The third-order valence-electron chi connectivity index (χ3n) is 2.64. The van der Waals surface area contributed by atoms with Gasteiger partial charge in [0.05, 0.1) is 3.79 Å². The first-order valence-corrected chi connectivity index (χ1v) is 8.34. The van der Waals surface area contributed by atoms with Crippen LogP contribution in [0.5, 0.6) is 0 Å². The van der Waals surface area contributed by atoms with E-state index < -0.39 is 0 Å². The highest BCUT2D eigenvalue weighted by atomic mass is 79.9. The van der Waals surface area contributed by atoms with Gasteiger partial charge in [-0.05, 0) is 50.8 Å². The second kappa shape index (κ2) is 6.69. The Morgan fingerprint density at radius 3 is 2.88 bits per heavy atom. The van der Waals surface area contributed by atoms with Crippen molar-refractivity contribution in [3.05, 3.63) is 43.2 Å². The van der Waals surface area contributed by atoms with Crippen molar-refractivity contribution >= 4 is 38.6 Å². The largest absolute Gasteiger partial charge is 0.305 e. The topological polar surface area (TPSA) is 12.0 Å². The number of nitrogens with one attached hydrogen (secondary N) is 1. The van der Waals surface area contributed by atoms with Crippen LogP contribution in [0, 0.1) is 0 Å². The van der Waals surface area contributed by atoms with Gasteiger partial charge in [0.2, 0.25) is 0 Å². The van der Waals surface area contributed by atoms with Crippen LogP contribution in [0.1, 0.15) is 36.2 Å². The van der Waals surface area contributed by atoms with E-state index in [-0.39, 0.29) is 0 Å². The van der Waals surface area contributed by atoms with Gasteiger partial charge in [-0.1, -0.05) is 19.4 Å². The Balaban J connectivity index is 1.94. The zero-order valence-corrected chi connectivity index (χ0v) is 13.0. The Morgan fingerprint density at radius 1 is 1.41 bits per heavy atom. The van der Waals surface area contributed by atoms with Gasteiger partial charge in [-0.3, -0.25) is 0 Å². The molecule has 2 rings (SSSR count). The molecule has 0 fully saturated rings. The predicted molar refractivity (Wildman–Crippen MR) is 80.8 cm³/mol. The molecule has 2 heterocycles. The van der Waals surface area contributed by atoms with E-state index in [0.29, 0.717) is 6.04 Å². The van der Waals surface area contributed by atoms with Crippen LogP contribution in [0.2, 0.25) is 0 Å². The van der Waals surface area contributed by atoms with E-state index in [2.05, 4.69) is 57.1 Å². The Kier molecular flexibility index (Phi) is 5.22. The van der Waals surface area contributed by atoms with Crippen LogP contribution < -0.4 is 5.32 Å². The molecule has 1 N–H and O–H groups in total. The molecule has 2 aromatic rings. The maximum absolute atomic E-state index is 3.65. The summed E-state index contributed by atoms with van der Waals surface area (Å²) in [5.74, 6) is 0. The average molecular weight is 330 g/mol. The van der Waals surface area contributed by atoms with Crippen LogP contribution in [0.25, 0.3) is 0 Å². The molecule has 0 aliphatic carbocycles. The summed E-state index contributed by atoms with van der Waals surface area (Å²) in [5, 5.41) is 8.01. The molecule has 2 aromatic heterocycles. The minimum atomic E-state index is 0.499. The van der Waals surface area contributed by atoms with E-state index in [1.807, 2.05) is 11.3 Å². The van der Waals surface area contributed by atoms with Gasteiger partial charge in [0, 0.05) is 17.5 Å². The first-order valence-electron chi connectivity index (χ1n) is 5.79. The molecule has 0 amide bonds. The Hall–Kier alpha value is -0.160. The fourth-order valence-electron chi connectivity index (χ4n) is 1.80. The standard InChI is InChI=1S/C13H16BrNS2/c1-2-4-11(12-5-3-6-16-12)15-8-10-7-13(14)17-9-10/h3,5-7,9,11,15H,2,4,8H2,1H3. The van der Waals surface area contributed by atoms with Crippen molar-refractivity contribution in [2.45, 2.75) is 32.4 Å². The minimum Gasteiger partial charge on any atom is -0.305 e. The number of rotatable bonds is 6. The summed E-state index contributed by atoms with van der Waals surface area (Å²) >= 11 is 7.09. The number of thiophene rings is 2. The lowest BCUT2D eigenvalue weighted by atomic mass is 10.1. The molecule has 0 bridgehead atoms. The van der Waals surface area contributed by atoms with Crippen LogP contribution >= 0.6 is 38.6 Å².